The molecule has 3 rings (SSSR count). The molecule has 0 N–H and O–H groups in total. The van der Waals surface area contributed by atoms with E-state index in [0.29, 0.717) is 30.3 Å². The highest BCUT2D eigenvalue weighted by molar-refractivity contribution is 5.77. The van der Waals surface area contributed by atoms with Crippen LogP contribution in [-0.4, -0.2) is 46.3 Å². The highest BCUT2D eigenvalue weighted by atomic mass is 16.5. The summed E-state index contributed by atoms with van der Waals surface area (Å²) in [6.45, 7) is 5.97. The fourth-order valence-corrected chi connectivity index (χ4v) is 3.93. The lowest BCUT2D eigenvalue weighted by atomic mass is 10.1. The Hall–Kier alpha value is -2.57. The molecule has 2 aromatic rings. The number of amides is 1. The van der Waals surface area contributed by atoms with E-state index >= 15 is 0 Å². The zero-order valence-electron chi connectivity index (χ0n) is 17.2. The number of hydrogen-bond acceptors (Lipinski definition) is 5. The van der Waals surface area contributed by atoms with Gasteiger partial charge in [0.15, 0.2) is 17.3 Å². The molecule has 1 aromatic heterocycles. The van der Waals surface area contributed by atoms with Crippen molar-refractivity contribution in [2.24, 2.45) is 5.92 Å². The Morgan fingerprint density at radius 2 is 2.11 bits per heavy atom. The van der Waals surface area contributed by atoms with Gasteiger partial charge >= 0.3 is 0 Å². The standard InChI is InChI=1S/C21H30N4O3/c1-15(2)13-24-14-22-23-21(24)17-8-6-12-25(17)19(26)11-10-16-7-5-9-18(27-3)20(16)28-4/h5,7,9,14-15,17H,6,8,10-13H2,1-4H3. The van der Waals surface area contributed by atoms with E-state index in [-0.39, 0.29) is 11.9 Å². The third-order valence-electron chi connectivity index (χ3n) is 5.17. The predicted octanol–water partition coefficient (Wildman–Crippen LogP) is 3.25. The zero-order chi connectivity index (χ0) is 20.1. The van der Waals surface area contributed by atoms with E-state index < -0.39 is 0 Å². The minimum Gasteiger partial charge on any atom is -0.493 e. The average molecular weight is 386 g/mol. The molecule has 0 bridgehead atoms. The number of para-hydroxylation sites is 1. The molecule has 0 saturated carbocycles. The molecule has 1 aliphatic rings. The number of nitrogens with zero attached hydrogens (tertiary/aromatic N) is 4. The summed E-state index contributed by atoms with van der Waals surface area (Å²) in [4.78, 5) is 15.0. The number of likely N-dealkylation sites (tertiary alicyclic amines) is 1. The normalized spacial score (nSPS) is 16.6. The summed E-state index contributed by atoms with van der Waals surface area (Å²) < 4.78 is 12.9. The van der Waals surface area contributed by atoms with Crippen LogP contribution in [0, 0.1) is 5.92 Å². The highest BCUT2D eigenvalue weighted by Gasteiger charge is 2.33. The summed E-state index contributed by atoms with van der Waals surface area (Å²) in [6, 6.07) is 5.78. The van der Waals surface area contributed by atoms with E-state index in [9.17, 15) is 4.79 Å². The zero-order valence-corrected chi connectivity index (χ0v) is 17.2. The van der Waals surface area contributed by atoms with E-state index in [1.165, 1.54) is 0 Å². The van der Waals surface area contributed by atoms with Gasteiger partial charge in [0, 0.05) is 19.5 Å². The van der Waals surface area contributed by atoms with Crippen LogP contribution in [0.15, 0.2) is 24.5 Å². The molecule has 7 nitrogen and oxygen atoms in total. The first-order valence-electron chi connectivity index (χ1n) is 9.92. The molecule has 1 atom stereocenters. The third-order valence-corrected chi connectivity index (χ3v) is 5.17. The summed E-state index contributed by atoms with van der Waals surface area (Å²) in [5.74, 6) is 2.94. The monoisotopic (exact) mass is 386 g/mol. The number of carbonyl (C=O) groups is 1. The topological polar surface area (TPSA) is 69.5 Å². The van der Waals surface area contributed by atoms with Crippen molar-refractivity contribution < 1.29 is 14.3 Å². The van der Waals surface area contributed by atoms with Crippen LogP contribution in [0.5, 0.6) is 11.5 Å². The van der Waals surface area contributed by atoms with Crippen molar-refractivity contribution in [1.82, 2.24) is 19.7 Å². The van der Waals surface area contributed by atoms with Gasteiger partial charge in [-0.05, 0) is 36.8 Å². The quantitative estimate of drug-likeness (QED) is 0.697. The van der Waals surface area contributed by atoms with Gasteiger partial charge in [-0.25, -0.2) is 0 Å². The molecule has 1 unspecified atom stereocenters. The van der Waals surface area contributed by atoms with Crippen molar-refractivity contribution in [2.45, 2.75) is 52.1 Å². The molecule has 1 amide bonds. The molecule has 0 aliphatic carbocycles. The van der Waals surface area contributed by atoms with Crippen LogP contribution in [0.2, 0.25) is 0 Å². The van der Waals surface area contributed by atoms with Crippen molar-refractivity contribution in [3.05, 3.63) is 35.9 Å². The second-order valence-corrected chi connectivity index (χ2v) is 7.63. The Bertz CT molecular complexity index is 803. The van der Waals surface area contributed by atoms with Crippen molar-refractivity contribution in [3.8, 4) is 11.5 Å². The first-order chi connectivity index (χ1) is 13.5. The Morgan fingerprint density at radius 3 is 2.82 bits per heavy atom. The number of rotatable bonds is 8. The van der Waals surface area contributed by atoms with Crippen LogP contribution < -0.4 is 9.47 Å². The summed E-state index contributed by atoms with van der Waals surface area (Å²) in [5.41, 5.74) is 0.980. The summed E-state index contributed by atoms with van der Waals surface area (Å²) >= 11 is 0. The lowest BCUT2D eigenvalue weighted by Crippen LogP contribution is -2.32. The molecule has 1 saturated heterocycles. The van der Waals surface area contributed by atoms with E-state index in [0.717, 1.165) is 37.3 Å². The summed E-state index contributed by atoms with van der Waals surface area (Å²) in [7, 11) is 3.25. The Labute approximate surface area is 166 Å². The average Bonchev–Trinajstić information content (AvgIpc) is 3.34. The van der Waals surface area contributed by atoms with Gasteiger partial charge in [0.25, 0.3) is 0 Å². The van der Waals surface area contributed by atoms with Crippen molar-refractivity contribution in [1.29, 1.82) is 0 Å². The van der Waals surface area contributed by atoms with Crippen LogP contribution in [-0.2, 0) is 17.8 Å². The molecular weight excluding hydrogens is 356 g/mol. The van der Waals surface area contributed by atoms with Crippen LogP contribution in [0.3, 0.4) is 0 Å². The summed E-state index contributed by atoms with van der Waals surface area (Å²) in [6.07, 6.45) is 4.75. The van der Waals surface area contributed by atoms with Crippen LogP contribution >= 0.6 is 0 Å². The summed E-state index contributed by atoms with van der Waals surface area (Å²) in [5, 5.41) is 8.43. The smallest absolute Gasteiger partial charge is 0.223 e. The molecule has 0 spiro atoms. The predicted molar refractivity (Wildman–Crippen MR) is 106 cm³/mol. The lowest BCUT2D eigenvalue weighted by molar-refractivity contribution is -0.132. The van der Waals surface area contributed by atoms with Gasteiger partial charge in [-0.1, -0.05) is 26.0 Å². The Morgan fingerprint density at radius 1 is 1.29 bits per heavy atom. The maximum atomic E-state index is 13.0. The minimum absolute atomic E-state index is 0.0148. The molecule has 1 aromatic carbocycles. The van der Waals surface area contributed by atoms with Gasteiger partial charge in [-0.3, -0.25) is 4.79 Å². The van der Waals surface area contributed by atoms with Crippen molar-refractivity contribution >= 4 is 5.91 Å². The Kier molecular flexibility index (Phi) is 6.54. The SMILES string of the molecule is COc1cccc(CCC(=O)N2CCCC2c2nncn2CC(C)C)c1OC. The first kappa shape index (κ1) is 20.2. The maximum absolute atomic E-state index is 13.0. The van der Waals surface area contributed by atoms with Gasteiger partial charge in [0.2, 0.25) is 5.91 Å². The van der Waals surface area contributed by atoms with Gasteiger partial charge in [0.05, 0.1) is 20.3 Å². The number of ether oxygens (including phenoxy) is 2. The molecule has 7 heteroatoms. The second kappa shape index (κ2) is 9.08. The van der Waals surface area contributed by atoms with E-state index in [1.807, 2.05) is 23.1 Å². The largest absolute Gasteiger partial charge is 0.493 e. The van der Waals surface area contributed by atoms with Crippen LogP contribution in [0.4, 0.5) is 0 Å². The minimum atomic E-state index is 0.0148. The van der Waals surface area contributed by atoms with Crippen LogP contribution in [0.25, 0.3) is 0 Å². The molecule has 1 fully saturated rings. The lowest BCUT2D eigenvalue weighted by Gasteiger charge is -2.25. The van der Waals surface area contributed by atoms with Crippen LogP contribution in [0.1, 0.15) is 50.5 Å². The fraction of sp³-hybridized carbons (Fsp3) is 0.571. The molecular formula is C21H30N4O3. The van der Waals surface area contributed by atoms with Crippen molar-refractivity contribution in [2.75, 3.05) is 20.8 Å². The fourth-order valence-electron chi connectivity index (χ4n) is 3.93. The number of aryl methyl sites for hydroxylation is 1. The van der Waals surface area contributed by atoms with E-state index in [4.69, 9.17) is 9.47 Å². The molecule has 0 radical (unpaired) electrons. The molecule has 28 heavy (non-hydrogen) atoms. The number of hydrogen-bond donors (Lipinski definition) is 0. The van der Waals surface area contributed by atoms with Gasteiger partial charge in [0.1, 0.15) is 6.33 Å². The number of carbonyl (C=O) groups excluding carboxylic acids is 1. The number of methoxy groups -OCH3 is 2. The molecule has 1 aliphatic heterocycles. The third kappa shape index (κ3) is 4.29. The number of aromatic nitrogens is 3. The number of benzene rings is 1. The Balaban J connectivity index is 1.70. The van der Waals surface area contributed by atoms with Crippen molar-refractivity contribution in [3.63, 3.8) is 0 Å². The van der Waals surface area contributed by atoms with Gasteiger partial charge in [-0.2, -0.15) is 0 Å². The first-order valence-corrected chi connectivity index (χ1v) is 9.92. The molecule has 152 valence electrons. The highest BCUT2D eigenvalue weighted by Crippen LogP contribution is 2.34. The van der Waals surface area contributed by atoms with E-state index in [2.05, 4.69) is 28.6 Å². The van der Waals surface area contributed by atoms with Gasteiger partial charge < -0.3 is 18.9 Å². The van der Waals surface area contributed by atoms with E-state index in [1.54, 1.807) is 20.5 Å². The second-order valence-electron chi connectivity index (χ2n) is 7.63. The molecule has 2 heterocycles. The van der Waals surface area contributed by atoms with Gasteiger partial charge in [-0.15, -0.1) is 10.2 Å². The maximum Gasteiger partial charge on any atom is 0.223 e.